The summed E-state index contributed by atoms with van der Waals surface area (Å²) in [4.78, 5) is 4.60. The first kappa shape index (κ1) is 12.0. The summed E-state index contributed by atoms with van der Waals surface area (Å²) in [6.07, 6.45) is 0. The molecule has 19 heavy (non-hydrogen) atoms. The standard InChI is InChI=1S/C15H16N2O2/c1-18-13-5-2-11(3-6-13)14-7-4-12-10-16-8-9-19-15(12)17-14/h2-7,16H,8-10H2,1H3. The number of benzene rings is 1. The Labute approximate surface area is 112 Å². The maximum Gasteiger partial charge on any atom is 0.218 e. The van der Waals surface area contributed by atoms with Gasteiger partial charge >= 0.3 is 0 Å². The zero-order chi connectivity index (χ0) is 13.1. The van der Waals surface area contributed by atoms with Crippen LogP contribution in [0.3, 0.4) is 0 Å². The van der Waals surface area contributed by atoms with E-state index < -0.39 is 0 Å². The number of nitrogens with one attached hydrogen (secondary N) is 1. The molecule has 0 saturated heterocycles. The average molecular weight is 256 g/mol. The molecule has 98 valence electrons. The van der Waals surface area contributed by atoms with Gasteiger partial charge < -0.3 is 14.8 Å². The van der Waals surface area contributed by atoms with Crippen LogP contribution in [0.15, 0.2) is 36.4 Å². The topological polar surface area (TPSA) is 43.4 Å². The third-order valence-corrected chi connectivity index (χ3v) is 3.16. The van der Waals surface area contributed by atoms with E-state index in [9.17, 15) is 0 Å². The number of ether oxygens (including phenoxy) is 2. The van der Waals surface area contributed by atoms with E-state index >= 15 is 0 Å². The minimum atomic E-state index is 0.659. The Kier molecular flexibility index (Phi) is 3.33. The van der Waals surface area contributed by atoms with Crippen molar-refractivity contribution >= 4 is 0 Å². The minimum absolute atomic E-state index is 0.659. The monoisotopic (exact) mass is 256 g/mol. The van der Waals surface area contributed by atoms with Crippen molar-refractivity contribution in [2.75, 3.05) is 20.3 Å². The van der Waals surface area contributed by atoms with Gasteiger partial charge in [0.25, 0.3) is 0 Å². The Hall–Kier alpha value is -2.07. The molecular weight excluding hydrogens is 240 g/mol. The van der Waals surface area contributed by atoms with Crippen LogP contribution >= 0.6 is 0 Å². The number of hydrogen-bond donors (Lipinski definition) is 1. The molecule has 0 radical (unpaired) electrons. The first-order chi connectivity index (χ1) is 9.36. The van der Waals surface area contributed by atoms with Gasteiger partial charge in [-0.15, -0.1) is 0 Å². The second kappa shape index (κ2) is 5.28. The lowest BCUT2D eigenvalue weighted by Gasteiger charge is -2.08. The Balaban J connectivity index is 1.94. The molecule has 0 saturated carbocycles. The molecule has 1 aliphatic heterocycles. The number of rotatable bonds is 2. The van der Waals surface area contributed by atoms with Crippen molar-refractivity contribution < 1.29 is 9.47 Å². The molecule has 1 aromatic heterocycles. The fraction of sp³-hybridized carbons (Fsp3) is 0.267. The molecule has 0 aliphatic carbocycles. The molecule has 1 aliphatic rings. The SMILES string of the molecule is COc1ccc(-c2ccc3c(n2)OCCNC3)cc1. The molecule has 1 N–H and O–H groups in total. The number of hydrogen-bond acceptors (Lipinski definition) is 4. The van der Waals surface area contributed by atoms with Crippen molar-refractivity contribution in [3.8, 4) is 22.9 Å². The summed E-state index contributed by atoms with van der Waals surface area (Å²) in [5, 5.41) is 3.30. The largest absolute Gasteiger partial charge is 0.497 e. The van der Waals surface area contributed by atoms with Crippen LogP contribution in [0.2, 0.25) is 0 Å². The van der Waals surface area contributed by atoms with Gasteiger partial charge in [0.2, 0.25) is 5.88 Å². The second-order valence-electron chi connectivity index (χ2n) is 4.41. The van der Waals surface area contributed by atoms with Crippen molar-refractivity contribution in [1.82, 2.24) is 10.3 Å². The van der Waals surface area contributed by atoms with Crippen molar-refractivity contribution in [1.29, 1.82) is 0 Å². The summed E-state index contributed by atoms with van der Waals surface area (Å²) in [6, 6.07) is 12.0. The van der Waals surface area contributed by atoms with Crippen LogP contribution in [-0.2, 0) is 6.54 Å². The molecule has 2 aromatic rings. The predicted molar refractivity (Wildman–Crippen MR) is 73.4 cm³/mol. The van der Waals surface area contributed by atoms with Gasteiger partial charge in [-0.3, -0.25) is 0 Å². The normalized spacial score (nSPS) is 14.2. The highest BCUT2D eigenvalue weighted by Crippen LogP contribution is 2.25. The van der Waals surface area contributed by atoms with E-state index in [0.717, 1.165) is 41.5 Å². The van der Waals surface area contributed by atoms with Gasteiger partial charge in [-0.1, -0.05) is 6.07 Å². The lowest BCUT2D eigenvalue weighted by atomic mass is 10.1. The minimum Gasteiger partial charge on any atom is -0.497 e. The average Bonchev–Trinajstić information content (AvgIpc) is 2.72. The Morgan fingerprint density at radius 1 is 1.16 bits per heavy atom. The summed E-state index contributed by atoms with van der Waals surface area (Å²) in [5.41, 5.74) is 3.09. The first-order valence-electron chi connectivity index (χ1n) is 6.35. The quantitative estimate of drug-likeness (QED) is 0.895. The first-order valence-corrected chi connectivity index (χ1v) is 6.35. The summed E-state index contributed by atoms with van der Waals surface area (Å²) >= 11 is 0. The van der Waals surface area contributed by atoms with Crippen LogP contribution in [-0.4, -0.2) is 25.2 Å². The van der Waals surface area contributed by atoms with Crippen molar-refractivity contribution in [2.45, 2.75) is 6.54 Å². The molecule has 0 unspecified atom stereocenters. The summed E-state index contributed by atoms with van der Waals surface area (Å²) in [7, 11) is 1.66. The smallest absolute Gasteiger partial charge is 0.218 e. The fourth-order valence-corrected chi connectivity index (χ4v) is 2.09. The van der Waals surface area contributed by atoms with E-state index in [4.69, 9.17) is 9.47 Å². The highest BCUT2D eigenvalue weighted by molar-refractivity contribution is 5.61. The van der Waals surface area contributed by atoms with Gasteiger partial charge in [0.15, 0.2) is 0 Å². The molecule has 0 fully saturated rings. The van der Waals surface area contributed by atoms with Crippen LogP contribution in [0, 0.1) is 0 Å². The molecule has 1 aromatic carbocycles. The highest BCUT2D eigenvalue weighted by Gasteiger charge is 2.11. The lowest BCUT2D eigenvalue weighted by Crippen LogP contribution is -2.16. The Bertz CT molecular complexity index is 567. The van der Waals surface area contributed by atoms with Gasteiger partial charge in [0.1, 0.15) is 12.4 Å². The maximum atomic E-state index is 5.66. The molecule has 0 spiro atoms. The molecule has 4 nitrogen and oxygen atoms in total. The Morgan fingerprint density at radius 3 is 2.79 bits per heavy atom. The van der Waals surface area contributed by atoms with Crippen LogP contribution in [0.1, 0.15) is 5.56 Å². The third kappa shape index (κ3) is 2.53. The molecule has 0 amide bonds. The zero-order valence-electron chi connectivity index (χ0n) is 10.8. The van der Waals surface area contributed by atoms with Crippen molar-refractivity contribution in [3.05, 3.63) is 42.0 Å². The van der Waals surface area contributed by atoms with Crippen molar-refractivity contribution in [2.24, 2.45) is 0 Å². The molecule has 3 rings (SSSR count). The molecule has 4 heteroatoms. The number of pyridine rings is 1. The van der Waals surface area contributed by atoms with E-state index in [1.54, 1.807) is 7.11 Å². The summed E-state index contributed by atoms with van der Waals surface area (Å²) in [6.45, 7) is 2.32. The predicted octanol–water partition coefficient (Wildman–Crippen LogP) is 2.24. The van der Waals surface area contributed by atoms with Gasteiger partial charge in [-0.2, -0.15) is 0 Å². The fourth-order valence-electron chi connectivity index (χ4n) is 2.09. The molecule has 2 heterocycles. The molecule has 0 atom stereocenters. The number of methoxy groups -OCH3 is 1. The van der Waals surface area contributed by atoms with Gasteiger partial charge in [-0.25, -0.2) is 4.98 Å². The van der Waals surface area contributed by atoms with Gasteiger partial charge in [0.05, 0.1) is 12.8 Å². The van der Waals surface area contributed by atoms with Gasteiger partial charge in [0, 0.05) is 24.2 Å². The second-order valence-corrected chi connectivity index (χ2v) is 4.41. The lowest BCUT2D eigenvalue weighted by molar-refractivity contribution is 0.314. The zero-order valence-corrected chi connectivity index (χ0v) is 10.8. The summed E-state index contributed by atoms with van der Waals surface area (Å²) < 4.78 is 10.8. The van der Waals surface area contributed by atoms with Crippen LogP contribution in [0.25, 0.3) is 11.3 Å². The Morgan fingerprint density at radius 2 is 2.00 bits per heavy atom. The summed E-state index contributed by atoms with van der Waals surface area (Å²) in [5.74, 6) is 1.58. The number of nitrogens with zero attached hydrogens (tertiary/aromatic N) is 1. The van der Waals surface area contributed by atoms with Crippen LogP contribution in [0.5, 0.6) is 11.6 Å². The number of aromatic nitrogens is 1. The number of fused-ring (bicyclic) bond motifs is 1. The molecular formula is C15H16N2O2. The van der Waals surface area contributed by atoms with E-state index in [-0.39, 0.29) is 0 Å². The van der Waals surface area contributed by atoms with E-state index in [0.29, 0.717) is 6.61 Å². The van der Waals surface area contributed by atoms with Gasteiger partial charge in [-0.05, 0) is 30.3 Å². The van der Waals surface area contributed by atoms with Crippen molar-refractivity contribution in [3.63, 3.8) is 0 Å². The van der Waals surface area contributed by atoms with E-state index in [1.807, 2.05) is 30.3 Å². The van der Waals surface area contributed by atoms with Crippen LogP contribution < -0.4 is 14.8 Å². The van der Waals surface area contributed by atoms with E-state index in [2.05, 4.69) is 16.4 Å². The molecule has 0 bridgehead atoms. The van der Waals surface area contributed by atoms with Crippen LogP contribution in [0.4, 0.5) is 0 Å². The highest BCUT2D eigenvalue weighted by atomic mass is 16.5. The van der Waals surface area contributed by atoms with E-state index in [1.165, 1.54) is 0 Å². The third-order valence-electron chi connectivity index (χ3n) is 3.16. The maximum absolute atomic E-state index is 5.66.